The van der Waals surface area contributed by atoms with Gasteiger partial charge in [-0.2, -0.15) is 0 Å². The zero-order valence-corrected chi connectivity index (χ0v) is 12.9. The molecule has 0 bridgehead atoms. The van der Waals surface area contributed by atoms with Crippen LogP contribution in [0.5, 0.6) is 11.5 Å². The van der Waals surface area contributed by atoms with Crippen molar-refractivity contribution in [3.05, 3.63) is 58.9 Å². The van der Waals surface area contributed by atoms with E-state index in [1.54, 1.807) is 25.1 Å². The summed E-state index contributed by atoms with van der Waals surface area (Å²) in [5.41, 5.74) is 2.80. The number of ether oxygens (including phenoxy) is 1. The van der Waals surface area contributed by atoms with Gasteiger partial charge in [0.05, 0.1) is 0 Å². The Kier molecular flexibility index (Phi) is 5.34. The molecule has 0 aliphatic heterocycles. The van der Waals surface area contributed by atoms with Gasteiger partial charge in [-0.25, -0.2) is 4.39 Å². The van der Waals surface area contributed by atoms with Gasteiger partial charge in [-0.3, -0.25) is 0 Å². The van der Waals surface area contributed by atoms with Crippen molar-refractivity contribution >= 4 is 0 Å². The van der Waals surface area contributed by atoms with E-state index >= 15 is 0 Å². The highest BCUT2D eigenvalue weighted by Gasteiger charge is 2.10. The highest BCUT2D eigenvalue weighted by molar-refractivity contribution is 5.41. The first-order chi connectivity index (χ1) is 10.1. The molecule has 0 aromatic heterocycles. The largest absolute Gasteiger partial charge is 0.454 e. The predicted octanol–water partition coefficient (Wildman–Crippen LogP) is 4.73. The minimum Gasteiger partial charge on any atom is -0.454 e. The van der Waals surface area contributed by atoms with E-state index in [0.717, 1.165) is 25.1 Å². The summed E-state index contributed by atoms with van der Waals surface area (Å²) in [6.45, 7) is 7.58. The van der Waals surface area contributed by atoms with E-state index in [2.05, 4.69) is 18.3 Å². The smallest absolute Gasteiger partial charge is 0.168 e. The number of benzene rings is 2. The van der Waals surface area contributed by atoms with E-state index in [0.29, 0.717) is 11.3 Å². The third-order valence-electron chi connectivity index (χ3n) is 3.33. The molecule has 0 radical (unpaired) electrons. The van der Waals surface area contributed by atoms with Gasteiger partial charge in [-0.15, -0.1) is 0 Å². The Morgan fingerprint density at radius 2 is 1.90 bits per heavy atom. The minimum atomic E-state index is -0.300. The van der Waals surface area contributed by atoms with Crippen molar-refractivity contribution in [1.82, 2.24) is 5.32 Å². The van der Waals surface area contributed by atoms with Crippen LogP contribution in [0.25, 0.3) is 0 Å². The normalized spacial score (nSPS) is 10.7. The lowest BCUT2D eigenvalue weighted by Gasteiger charge is -2.14. The van der Waals surface area contributed by atoms with E-state index in [1.165, 1.54) is 5.56 Å². The van der Waals surface area contributed by atoms with Crippen molar-refractivity contribution in [2.45, 2.75) is 33.7 Å². The maximum Gasteiger partial charge on any atom is 0.168 e. The van der Waals surface area contributed by atoms with E-state index in [4.69, 9.17) is 4.74 Å². The molecule has 2 aromatic rings. The second-order valence-corrected chi connectivity index (χ2v) is 5.28. The third-order valence-corrected chi connectivity index (χ3v) is 3.33. The third kappa shape index (κ3) is 4.05. The Balaban J connectivity index is 2.24. The molecular formula is C18H22FNO. The Bertz CT molecular complexity index is 610. The lowest BCUT2D eigenvalue weighted by molar-refractivity contribution is 0.433. The highest BCUT2D eigenvalue weighted by atomic mass is 19.1. The Morgan fingerprint density at radius 3 is 2.67 bits per heavy atom. The molecule has 0 atom stereocenters. The van der Waals surface area contributed by atoms with Crippen LogP contribution in [0, 0.1) is 19.7 Å². The van der Waals surface area contributed by atoms with Gasteiger partial charge in [0.1, 0.15) is 5.75 Å². The molecule has 1 N–H and O–H groups in total. The van der Waals surface area contributed by atoms with Crippen molar-refractivity contribution in [2.75, 3.05) is 6.54 Å². The first-order valence-electron chi connectivity index (χ1n) is 7.35. The molecule has 0 aliphatic carbocycles. The molecular weight excluding hydrogens is 265 g/mol. The van der Waals surface area contributed by atoms with Gasteiger partial charge in [-0.05, 0) is 44.5 Å². The Morgan fingerprint density at radius 1 is 1.10 bits per heavy atom. The van der Waals surface area contributed by atoms with Gasteiger partial charge >= 0.3 is 0 Å². The molecule has 0 unspecified atom stereocenters. The fraction of sp³-hybridized carbons (Fsp3) is 0.333. The summed E-state index contributed by atoms with van der Waals surface area (Å²) in [6, 6.07) is 11.2. The quantitative estimate of drug-likeness (QED) is 0.775. The molecule has 2 rings (SSSR count). The van der Waals surface area contributed by atoms with Gasteiger partial charge < -0.3 is 10.1 Å². The number of halogens is 1. The molecule has 0 saturated carbocycles. The van der Waals surface area contributed by atoms with Crippen molar-refractivity contribution in [1.29, 1.82) is 0 Å². The van der Waals surface area contributed by atoms with Gasteiger partial charge in [0.15, 0.2) is 11.6 Å². The van der Waals surface area contributed by atoms with Gasteiger partial charge in [-0.1, -0.05) is 36.8 Å². The summed E-state index contributed by atoms with van der Waals surface area (Å²) in [4.78, 5) is 0. The monoisotopic (exact) mass is 287 g/mol. The standard InChI is InChI=1S/C18H22FNO/c1-4-10-20-12-15-11-13(2)8-9-16(15)21-17-7-5-6-14(3)18(17)19/h5-9,11,20H,4,10,12H2,1-3H3. The van der Waals surface area contributed by atoms with Crippen molar-refractivity contribution < 1.29 is 9.13 Å². The van der Waals surface area contributed by atoms with Gasteiger partial charge in [0, 0.05) is 12.1 Å². The SMILES string of the molecule is CCCNCc1cc(C)ccc1Oc1cccc(C)c1F. The van der Waals surface area contributed by atoms with Gasteiger partial charge in [0.2, 0.25) is 0 Å². The fourth-order valence-electron chi connectivity index (χ4n) is 2.16. The van der Waals surface area contributed by atoms with Crippen molar-refractivity contribution in [3.8, 4) is 11.5 Å². The molecule has 112 valence electrons. The number of nitrogens with one attached hydrogen (secondary N) is 1. The average molecular weight is 287 g/mol. The predicted molar refractivity (Wildman–Crippen MR) is 84.4 cm³/mol. The lowest BCUT2D eigenvalue weighted by Crippen LogP contribution is -2.14. The number of aryl methyl sites for hydroxylation is 2. The highest BCUT2D eigenvalue weighted by Crippen LogP contribution is 2.29. The average Bonchev–Trinajstić information content (AvgIpc) is 2.46. The first kappa shape index (κ1) is 15.5. The number of rotatable bonds is 6. The molecule has 0 aliphatic rings. The maximum absolute atomic E-state index is 14.1. The summed E-state index contributed by atoms with van der Waals surface area (Å²) < 4.78 is 19.9. The zero-order chi connectivity index (χ0) is 15.2. The minimum absolute atomic E-state index is 0.274. The Labute approximate surface area is 126 Å². The topological polar surface area (TPSA) is 21.3 Å². The van der Waals surface area contributed by atoms with Crippen LogP contribution in [0.4, 0.5) is 4.39 Å². The van der Waals surface area contributed by atoms with Crippen molar-refractivity contribution in [3.63, 3.8) is 0 Å². The summed E-state index contributed by atoms with van der Waals surface area (Å²) in [5.74, 6) is 0.676. The van der Waals surface area contributed by atoms with Crippen LogP contribution < -0.4 is 10.1 Å². The molecule has 0 fully saturated rings. The molecule has 21 heavy (non-hydrogen) atoms. The fourth-order valence-corrected chi connectivity index (χ4v) is 2.16. The van der Waals surface area contributed by atoms with Crippen LogP contribution in [0.1, 0.15) is 30.0 Å². The van der Waals surface area contributed by atoms with E-state index in [9.17, 15) is 4.39 Å². The second-order valence-electron chi connectivity index (χ2n) is 5.28. The van der Waals surface area contributed by atoms with E-state index in [1.807, 2.05) is 19.1 Å². The van der Waals surface area contributed by atoms with Crippen LogP contribution in [0.15, 0.2) is 36.4 Å². The number of hydrogen-bond donors (Lipinski definition) is 1. The summed E-state index contributed by atoms with van der Waals surface area (Å²) in [7, 11) is 0. The van der Waals surface area contributed by atoms with Crippen LogP contribution in [0.2, 0.25) is 0 Å². The first-order valence-corrected chi connectivity index (χ1v) is 7.35. The summed E-state index contributed by atoms with van der Waals surface area (Å²) in [6.07, 6.45) is 1.08. The van der Waals surface area contributed by atoms with E-state index in [-0.39, 0.29) is 11.6 Å². The van der Waals surface area contributed by atoms with Crippen LogP contribution in [-0.2, 0) is 6.54 Å². The molecule has 0 saturated heterocycles. The summed E-state index contributed by atoms with van der Waals surface area (Å²) in [5, 5.41) is 3.36. The van der Waals surface area contributed by atoms with Gasteiger partial charge in [0.25, 0.3) is 0 Å². The second kappa shape index (κ2) is 7.23. The van der Waals surface area contributed by atoms with Crippen LogP contribution in [-0.4, -0.2) is 6.54 Å². The van der Waals surface area contributed by atoms with Crippen molar-refractivity contribution in [2.24, 2.45) is 0 Å². The lowest BCUT2D eigenvalue weighted by atomic mass is 10.1. The maximum atomic E-state index is 14.1. The molecule has 2 nitrogen and oxygen atoms in total. The molecule has 0 spiro atoms. The van der Waals surface area contributed by atoms with Crippen LogP contribution in [0.3, 0.4) is 0 Å². The number of hydrogen-bond acceptors (Lipinski definition) is 2. The zero-order valence-electron chi connectivity index (χ0n) is 12.9. The molecule has 0 heterocycles. The summed E-state index contributed by atoms with van der Waals surface area (Å²) >= 11 is 0. The Hall–Kier alpha value is -1.87. The molecule has 3 heteroatoms. The molecule has 2 aromatic carbocycles. The van der Waals surface area contributed by atoms with E-state index < -0.39 is 0 Å². The molecule has 0 amide bonds. The van der Waals surface area contributed by atoms with Crippen LogP contribution >= 0.6 is 0 Å².